The summed E-state index contributed by atoms with van der Waals surface area (Å²) in [7, 11) is 0. The van der Waals surface area contributed by atoms with Crippen molar-refractivity contribution in [2.75, 3.05) is 0 Å². The Kier molecular flexibility index (Phi) is 4.66. The van der Waals surface area contributed by atoms with Crippen molar-refractivity contribution in [2.45, 2.75) is 27.3 Å². The Morgan fingerprint density at radius 1 is 1.55 bits per heavy atom. The molecule has 2 rings (SSSR count). The van der Waals surface area contributed by atoms with Crippen molar-refractivity contribution in [3.05, 3.63) is 43.9 Å². The molecule has 22 heavy (non-hydrogen) atoms. The maximum atomic E-state index is 11.9. The first-order chi connectivity index (χ1) is 10.4. The number of hydrazone groups is 1. The number of hydrogen-bond acceptors (Lipinski definition) is 6. The summed E-state index contributed by atoms with van der Waals surface area (Å²) >= 11 is 1.52. The molecule has 0 radical (unpaired) electrons. The molecule has 0 aliphatic rings. The van der Waals surface area contributed by atoms with Crippen molar-refractivity contribution in [2.24, 2.45) is 5.10 Å². The second-order valence-electron chi connectivity index (χ2n) is 4.64. The molecule has 116 valence electrons. The SMILES string of the molecule is C/C(=N\NC(=O)Cn1nc(C)c([N+](=O)[O-])c1C)c1cccs1. The van der Waals surface area contributed by atoms with E-state index in [1.165, 1.54) is 16.0 Å². The highest BCUT2D eigenvalue weighted by Gasteiger charge is 2.22. The van der Waals surface area contributed by atoms with E-state index in [1.807, 2.05) is 17.5 Å². The van der Waals surface area contributed by atoms with Gasteiger partial charge in [-0.05, 0) is 32.2 Å². The van der Waals surface area contributed by atoms with E-state index in [1.54, 1.807) is 20.8 Å². The Hall–Kier alpha value is -2.55. The average Bonchev–Trinajstić information content (AvgIpc) is 3.05. The number of carbonyl (C=O) groups is 1. The summed E-state index contributed by atoms with van der Waals surface area (Å²) in [5.41, 5.74) is 3.69. The lowest BCUT2D eigenvalue weighted by atomic mass is 10.3. The number of nitrogens with one attached hydrogen (secondary N) is 1. The van der Waals surface area contributed by atoms with Crippen molar-refractivity contribution in [1.29, 1.82) is 0 Å². The number of amides is 1. The summed E-state index contributed by atoms with van der Waals surface area (Å²) in [6, 6.07) is 3.80. The fraction of sp³-hybridized carbons (Fsp3) is 0.308. The molecule has 0 bridgehead atoms. The number of carbonyl (C=O) groups excluding carboxylic acids is 1. The van der Waals surface area contributed by atoms with E-state index in [2.05, 4.69) is 15.6 Å². The predicted molar refractivity (Wildman–Crippen MR) is 83.0 cm³/mol. The summed E-state index contributed by atoms with van der Waals surface area (Å²) in [5, 5.41) is 20.9. The second kappa shape index (κ2) is 6.48. The predicted octanol–water partition coefficient (Wildman–Crippen LogP) is 2.01. The lowest BCUT2D eigenvalue weighted by Gasteiger charge is -2.03. The van der Waals surface area contributed by atoms with E-state index in [-0.39, 0.29) is 17.9 Å². The van der Waals surface area contributed by atoms with Crippen molar-refractivity contribution in [1.82, 2.24) is 15.2 Å². The molecule has 0 saturated heterocycles. The molecule has 1 amide bonds. The maximum absolute atomic E-state index is 11.9. The third-order valence-electron chi connectivity index (χ3n) is 3.05. The van der Waals surface area contributed by atoms with Crippen LogP contribution in [0.2, 0.25) is 0 Å². The van der Waals surface area contributed by atoms with Gasteiger partial charge in [0, 0.05) is 4.88 Å². The van der Waals surface area contributed by atoms with Crippen LogP contribution >= 0.6 is 11.3 Å². The van der Waals surface area contributed by atoms with Gasteiger partial charge >= 0.3 is 5.69 Å². The Labute approximate surface area is 130 Å². The van der Waals surface area contributed by atoms with Gasteiger partial charge in [-0.2, -0.15) is 10.2 Å². The van der Waals surface area contributed by atoms with Gasteiger partial charge in [0.05, 0.1) is 10.6 Å². The van der Waals surface area contributed by atoms with Crippen molar-refractivity contribution in [3.63, 3.8) is 0 Å². The number of thiophene rings is 1. The Morgan fingerprint density at radius 3 is 2.82 bits per heavy atom. The van der Waals surface area contributed by atoms with Gasteiger partial charge < -0.3 is 0 Å². The third kappa shape index (κ3) is 3.37. The zero-order chi connectivity index (χ0) is 16.3. The fourth-order valence-corrected chi connectivity index (χ4v) is 2.64. The van der Waals surface area contributed by atoms with Gasteiger partial charge in [0.2, 0.25) is 0 Å². The van der Waals surface area contributed by atoms with Crippen LogP contribution in [0.25, 0.3) is 0 Å². The normalized spacial score (nSPS) is 11.5. The summed E-state index contributed by atoms with van der Waals surface area (Å²) < 4.78 is 1.30. The van der Waals surface area contributed by atoms with Crippen LogP contribution in [0.15, 0.2) is 22.6 Å². The molecule has 2 aromatic rings. The van der Waals surface area contributed by atoms with Crippen LogP contribution in [0.5, 0.6) is 0 Å². The first-order valence-corrected chi connectivity index (χ1v) is 7.33. The molecule has 2 aromatic heterocycles. The first kappa shape index (κ1) is 15.8. The number of nitrogens with zero attached hydrogens (tertiary/aromatic N) is 4. The largest absolute Gasteiger partial charge is 0.312 e. The van der Waals surface area contributed by atoms with Crippen LogP contribution < -0.4 is 5.43 Å². The molecule has 2 heterocycles. The summed E-state index contributed by atoms with van der Waals surface area (Å²) in [4.78, 5) is 23.3. The maximum Gasteiger partial charge on any atom is 0.312 e. The van der Waals surface area contributed by atoms with Crippen molar-refractivity contribution < 1.29 is 9.72 Å². The van der Waals surface area contributed by atoms with Gasteiger partial charge in [-0.1, -0.05) is 6.07 Å². The van der Waals surface area contributed by atoms with Gasteiger partial charge in [-0.15, -0.1) is 11.3 Å². The summed E-state index contributed by atoms with van der Waals surface area (Å²) in [6.07, 6.45) is 0. The first-order valence-electron chi connectivity index (χ1n) is 6.45. The van der Waals surface area contributed by atoms with Gasteiger partial charge in [0.15, 0.2) is 0 Å². The molecule has 0 saturated carbocycles. The van der Waals surface area contributed by atoms with Crippen LogP contribution in [-0.2, 0) is 11.3 Å². The third-order valence-corrected chi connectivity index (χ3v) is 4.02. The van der Waals surface area contributed by atoms with Gasteiger partial charge in [-0.3, -0.25) is 19.6 Å². The van der Waals surface area contributed by atoms with Crippen LogP contribution in [0.4, 0.5) is 5.69 Å². The van der Waals surface area contributed by atoms with E-state index in [0.29, 0.717) is 11.4 Å². The molecule has 0 atom stereocenters. The van der Waals surface area contributed by atoms with E-state index in [9.17, 15) is 14.9 Å². The standard InChI is InChI=1S/C13H15N5O3S/c1-8(11-5-4-6-22-11)14-15-12(19)7-17-10(3)13(18(20)21)9(2)16-17/h4-6H,7H2,1-3H3,(H,15,19)/b14-8+. The molecule has 0 aromatic carbocycles. The lowest BCUT2D eigenvalue weighted by molar-refractivity contribution is -0.386. The number of rotatable bonds is 5. The average molecular weight is 321 g/mol. The monoisotopic (exact) mass is 321 g/mol. The number of aromatic nitrogens is 2. The number of nitro groups is 1. The number of hydrogen-bond donors (Lipinski definition) is 1. The van der Waals surface area contributed by atoms with Gasteiger partial charge in [-0.25, -0.2) is 5.43 Å². The zero-order valence-corrected chi connectivity index (χ0v) is 13.2. The van der Waals surface area contributed by atoms with Gasteiger partial charge in [0.1, 0.15) is 17.9 Å². The molecule has 9 heteroatoms. The van der Waals surface area contributed by atoms with E-state index < -0.39 is 10.8 Å². The van der Waals surface area contributed by atoms with E-state index in [0.717, 1.165) is 4.88 Å². The molecule has 0 aliphatic carbocycles. The smallest absolute Gasteiger partial charge is 0.271 e. The topological polar surface area (TPSA) is 102 Å². The molecule has 1 N–H and O–H groups in total. The minimum Gasteiger partial charge on any atom is -0.271 e. The Morgan fingerprint density at radius 2 is 2.27 bits per heavy atom. The minimum atomic E-state index is -0.495. The van der Waals surface area contributed by atoms with E-state index in [4.69, 9.17) is 0 Å². The minimum absolute atomic E-state index is 0.0638. The Balaban J connectivity index is 2.06. The molecule has 0 aliphatic heterocycles. The van der Waals surface area contributed by atoms with Crippen LogP contribution in [0, 0.1) is 24.0 Å². The molecule has 0 fully saturated rings. The van der Waals surface area contributed by atoms with Crippen LogP contribution in [0.1, 0.15) is 23.2 Å². The van der Waals surface area contributed by atoms with Gasteiger partial charge in [0.25, 0.3) is 5.91 Å². The van der Waals surface area contributed by atoms with Crippen LogP contribution in [0.3, 0.4) is 0 Å². The van der Waals surface area contributed by atoms with Crippen molar-refractivity contribution >= 4 is 28.6 Å². The molecule has 0 unspecified atom stereocenters. The highest BCUT2D eigenvalue weighted by atomic mass is 32.1. The Bertz CT molecular complexity index is 733. The van der Waals surface area contributed by atoms with Crippen LogP contribution in [-0.4, -0.2) is 26.3 Å². The van der Waals surface area contributed by atoms with E-state index >= 15 is 0 Å². The second-order valence-corrected chi connectivity index (χ2v) is 5.59. The van der Waals surface area contributed by atoms with Crippen molar-refractivity contribution in [3.8, 4) is 0 Å². The number of aryl methyl sites for hydroxylation is 1. The quantitative estimate of drug-likeness (QED) is 0.517. The highest BCUT2D eigenvalue weighted by Crippen LogP contribution is 2.21. The fourth-order valence-electron chi connectivity index (χ4n) is 1.96. The molecule has 8 nitrogen and oxygen atoms in total. The summed E-state index contributed by atoms with van der Waals surface area (Å²) in [5.74, 6) is -0.392. The molecular formula is C13H15N5O3S. The summed E-state index contributed by atoms with van der Waals surface area (Å²) in [6.45, 7) is 4.77. The highest BCUT2D eigenvalue weighted by molar-refractivity contribution is 7.12. The lowest BCUT2D eigenvalue weighted by Crippen LogP contribution is -2.25. The molecule has 0 spiro atoms. The zero-order valence-electron chi connectivity index (χ0n) is 12.4. The molecular weight excluding hydrogens is 306 g/mol.